The zero-order valence-electron chi connectivity index (χ0n) is 19.1. The van der Waals surface area contributed by atoms with Gasteiger partial charge >= 0.3 is 0 Å². The number of benzene rings is 3. The minimum atomic E-state index is -0.178. The van der Waals surface area contributed by atoms with Gasteiger partial charge in [0.15, 0.2) is 5.78 Å². The topological polar surface area (TPSA) is 94.8 Å². The highest BCUT2D eigenvalue weighted by molar-refractivity contribution is 6.31. The van der Waals surface area contributed by atoms with Gasteiger partial charge in [0.25, 0.3) is 0 Å². The molecule has 0 amide bonds. The maximum Gasteiger partial charge on any atom is 0.185 e. The van der Waals surface area contributed by atoms with Crippen molar-refractivity contribution in [2.24, 2.45) is 4.99 Å². The van der Waals surface area contributed by atoms with Gasteiger partial charge in [-0.15, -0.1) is 0 Å². The minimum Gasteiger partial charge on any atom is -0.508 e. The molecule has 6 nitrogen and oxygen atoms in total. The molecule has 0 aliphatic carbocycles. The molecular weight excluding hydrogens is 462 g/mol. The molecule has 0 fully saturated rings. The van der Waals surface area contributed by atoms with E-state index >= 15 is 0 Å². The molecule has 1 aromatic heterocycles. The lowest BCUT2D eigenvalue weighted by atomic mass is 10.0. The van der Waals surface area contributed by atoms with Crippen LogP contribution in [0.1, 0.15) is 27.0 Å². The molecule has 176 valence electrons. The van der Waals surface area contributed by atoms with Gasteiger partial charge in [-0.1, -0.05) is 17.7 Å². The number of ketones is 1. The van der Waals surface area contributed by atoms with Gasteiger partial charge in [0, 0.05) is 46.2 Å². The van der Waals surface area contributed by atoms with Crippen molar-refractivity contribution < 1.29 is 15.0 Å². The largest absolute Gasteiger partial charge is 0.508 e. The number of fused-ring (bicyclic) bond motifs is 1. The molecule has 0 saturated heterocycles. The molecule has 0 atom stereocenters. The summed E-state index contributed by atoms with van der Waals surface area (Å²) in [5, 5.41) is 24.8. The molecule has 0 bridgehead atoms. The third kappa shape index (κ3) is 6.05. The van der Waals surface area contributed by atoms with Gasteiger partial charge in [-0.3, -0.25) is 14.8 Å². The third-order valence-electron chi connectivity index (χ3n) is 5.42. The summed E-state index contributed by atoms with van der Waals surface area (Å²) in [5.41, 5.74) is 4.28. The van der Waals surface area contributed by atoms with Crippen molar-refractivity contribution in [3.63, 3.8) is 0 Å². The molecule has 1 heterocycles. The Bertz CT molecular complexity index is 1430. The number of halogens is 1. The summed E-state index contributed by atoms with van der Waals surface area (Å²) in [6.45, 7) is 2.89. The second kappa shape index (κ2) is 10.8. The highest BCUT2D eigenvalue weighted by Gasteiger charge is 2.06. The number of aliphatic imine (C=N–C) groups is 1. The molecule has 3 aromatic carbocycles. The van der Waals surface area contributed by atoms with Crippen LogP contribution in [0.4, 0.5) is 5.69 Å². The normalized spacial score (nSPS) is 11.5. The number of nitrogens with one attached hydrogen (secondary N) is 1. The molecule has 4 rings (SSSR count). The summed E-state index contributed by atoms with van der Waals surface area (Å²) < 4.78 is 0. The van der Waals surface area contributed by atoms with Crippen LogP contribution in [0.3, 0.4) is 0 Å². The first-order chi connectivity index (χ1) is 16.9. The van der Waals surface area contributed by atoms with Crippen LogP contribution in [0.15, 0.2) is 77.9 Å². The van der Waals surface area contributed by atoms with Gasteiger partial charge in [-0.05, 0) is 84.8 Å². The van der Waals surface area contributed by atoms with E-state index in [1.54, 1.807) is 49.7 Å². The molecule has 0 unspecified atom stereocenters. The van der Waals surface area contributed by atoms with E-state index in [4.69, 9.17) is 11.6 Å². The minimum absolute atomic E-state index is 0.109. The highest BCUT2D eigenvalue weighted by atomic mass is 35.5. The predicted molar refractivity (Wildman–Crippen MR) is 142 cm³/mol. The Morgan fingerprint density at radius 1 is 1.09 bits per heavy atom. The van der Waals surface area contributed by atoms with E-state index in [2.05, 4.69) is 15.3 Å². The fourth-order valence-electron chi connectivity index (χ4n) is 3.62. The summed E-state index contributed by atoms with van der Waals surface area (Å²) >= 11 is 6.05. The van der Waals surface area contributed by atoms with Crippen LogP contribution < -0.4 is 5.32 Å². The number of aromatic hydroxyl groups is 2. The van der Waals surface area contributed by atoms with Crippen molar-refractivity contribution >= 4 is 46.3 Å². The summed E-state index contributed by atoms with van der Waals surface area (Å²) in [6.07, 6.45) is 6.53. The quantitative estimate of drug-likeness (QED) is 0.122. The van der Waals surface area contributed by atoms with Crippen LogP contribution in [-0.2, 0) is 0 Å². The van der Waals surface area contributed by atoms with Crippen LogP contribution in [0.5, 0.6) is 11.5 Å². The number of nitrogens with zero attached hydrogens (tertiary/aromatic N) is 2. The third-order valence-corrected chi connectivity index (χ3v) is 5.66. The van der Waals surface area contributed by atoms with Crippen molar-refractivity contribution in [1.82, 2.24) is 4.98 Å². The Hall–Kier alpha value is -4.16. The monoisotopic (exact) mass is 485 g/mol. The van der Waals surface area contributed by atoms with Crippen molar-refractivity contribution in [3.05, 3.63) is 100 Å². The van der Waals surface area contributed by atoms with E-state index in [0.717, 1.165) is 22.2 Å². The average Bonchev–Trinajstić information content (AvgIpc) is 2.85. The van der Waals surface area contributed by atoms with E-state index in [0.29, 0.717) is 34.8 Å². The summed E-state index contributed by atoms with van der Waals surface area (Å²) in [4.78, 5) is 21.2. The zero-order valence-corrected chi connectivity index (χ0v) is 19.8. The van der Waals surface area contributed by atoms with Crippen LogP contribution in [-0.4, -0.2) is 40.3 Å². The maximum absolute atomic E-state index is 12.4. The van der Waals surface area contributed by atoms with Crippen molar-refractivity contribution in [1.29, 1.82) is 0 Å². The lowest BCUT2D eigenvalue weighted by molar-refractivity contribution is 0.104. The number of phenolic OH excluding ortho intramolecular Hbond substituents is 2. The number of rotatable bonds is 8. The lowest BCUT2D eigenvalue weighted by Gasteiger charge is -2.08. The van der Waals surface area contributed by atoms with E-state index in [1.807, 2.05) is 24.3 Å². The number of allylic oxidation sites excluding steroid dienone is 1. The highest BCUT2D eigenvalue weighted by Crippen LogP contribution is 2.25. The number of carbonyl (C=O) groups is 1. The Morgan fingerprint density at radius 2 is 1.89 bits per heavy atom. The van der Waals surface area contributed by atoms with E-state index < -0.39 is 0 Å². The Labute approximate surface area is 208 Å². The first-order valence-corrected chi connectivity index (χ1v) is 11.4. The Morgan fingerprint density at radius 3 is 2.69 bits per heavy atom. The van der Waals surface area contributed by atoms with Crippen molar-refractivity contribution in [3.8, 4) is 11.5 Å². The van der Waals surface area contributed by atoms with Crippen LogP contribution >= 0.6 is 11.6 Å². The lowest BCUT2D eigenvalue weighted by Crippen LogP contribution is -2.05. The molecule has 0 aliphatic heterocycles. The van der Waals surface area contributed by atoms with Gasteiger partial charge in [-0.2, -0.15) is 0 Å². The van der Waals surface area contributed by atoms with Gasteiger partial charge < -0.3 is 15.5 Å². The second-order valence-corrected chi connectivity index (χ2v) is 8.44. The van der Waals surface area contributed by atoms with Gasteiger partial charge in [-0.25, -0.2) is 0 Å². The fourth-order valence-corrected chi connectivity index (χ4v) is 3.78. The predicted octanol–water partition coefficient (Wildman–Crippen LogP) is 6.03. The molecule has 0 radical (unpaired) electrons. The first-order valence-electron chi connectivity index (χ1n) is 11.0. The molecule has 0 saturated carbocycles. The summed E-state index contributed by atoms with van der Waals surface area (Å²) in [6, 6.07) is 17.2. The van der Waals surface area contributed by atoms with Crippen LogP contribution in [0, 0.1) is 6.92 Å². The van der Waals surface area contributed by atoms with Crippen LogP contribution in [0.2, 0.25) is 5.02 Å². The van der Waals surface area contributed by atoms with Gasteiger partial charge in [0.1, 0.15) is 11.5 Å². The summed E-state index contributed by atoms with van der Waals surface area (Å²) in [5.74, 6) is 0.0847. The number of hydrogen-bond donors (Lipinski definition) is 3. The number of aryl methyl sites for hydroxylation is 1. The Kier molecular flexibility index (Phi) is 7.43. The molecule has 3 N–H and O–H groups in total. The SMILES string of the molecule is Cc1cc(/C=C/C(=O)c2ccc(O)cc2)cc(C=NCCNc2ccnc3cc(Cl)ccc23)c1O. The van der Waals surface area contributed by atoms with Crippen molar-refractivity contribution in [2.45, 2.75) is 6.92 Å². The standard InChI is InChI=1S/C28H24ClN3O3/c1-18-14-19(2-9-27(34)20-3-6-23(33)7-4-20)15-21(28(18)35)17-30-12-13-32-25-10-11-31-26-16-22(29)5-8-24(25)26/h2-11,14-17,33,35H,12-13H2,1H3,(H,31,32)/b9-2+,30-17?. The smallest absolute Gasteiger partial charge is 0.185 e. The number of hydrogen-bond acceptors (Lipinski definition) is 6. The number of carbonyl (C=O) groups excluding carboxylic acids is 1. The number of aromatic nitrogens is 1. The van der Waals surface area contributed by atoms with E-state index in [1.165, 1.54) is 18.2 Å². The number of phenols is 2. The van der Waals surface area contributed by atoms with E-state index in [9.17, 15) is 15.0 Å². The average molecular weight is 486 g/mol. The van der Waals surface area contributed by atoms with Crippen molar-refractivity contribution in [2.75, 3.05) is 18.4 Å². The number of pyridine rings is 1. The molecular formula is C28H24ClN3O3. The number of anilines is 1. The Balaban J connectivity index is 1.40. The molecule has 7 heteroatoms. The molecule has 0 aliphatic rings. The molecule has 4 aromatic rings. The summed E-state index contributed by atoms with van der Waals surface area (Å²) in [7, 11) is 0. The second-order valence-electron chi connectivity index (χ2n) is 8.00. The zero-order chi connectivity index (χ0) is 24.8. The van der Waals surface area contributed by atoms with Gasteiger partial charge in [0.05, 0.1) is 12.1 Å². The van der Waals surface area contributed by atoms with Crippen LogP contribution in [0.25, 0.3) is 17.0 Å². The molecule has 35 heavy (non-hydrogen) atoms. The van der Waals surface area contributed by atoms with E-state index in [-0.39, 0.29) is 17.3 Å². The molecule has 0 spiro atoms. The maximum atomic E-state index is 12.4. The van der Waals surface area contributed by atoms with Gasteiger partial charge in [0.2, 0.25) is 0 Å². The fraction of sp³-hybridized carbons (Fsp3) is 0.107. The first kappa shape index (κ1) is 24.0.